The lowest BCUT2D eigenvalue weighted by Gasteiger charge is -2.03. The van der Waals surface area contributed by atoms with Gasteiger partial charge in [-0.1, -0.05) is 0 Å². The molecule has 0 spiro atoms. The summed E-state index contributed by atoms with van der Waals surface area (Å²) in [6.45, 7) is 2.42. The molecule has 1 aliphatic rings. The number of nitrogens with zero attached hydrogens (tertiary/aromatic N) is 2. The van der Waals surface area contributed by atoms with Crippen molar-refractivity contribution in [3.63, 3.8) is 0 Å². The Bertz CT molecular complexity index is 745. The minimum atomic E-state index is 0.307. The first-order valence-corrected chi connectivity index (χ1v) is 6.47. The zero-order valence-electron chi connectivity index (χ0n) is 9.71. The summed E-state index contributed by atoms with van der Waals surface area (Å²) in [6, 6.07) is 6.04. The summed E-state index contributed by atoms with van der Waals surface area (Å²) in [7, 11) is 0. The summed E-state index contributed by atoms with van der Waals surface area (Å²) in [6.07, 6.45) is 3.81. The molecular weight excluding hydrogens is 248 g/mol. The van der Waals surface area contributed by atoms with Crippen LogP contribution >= 0.6 is 11.3 Å². The van der Waals surface area contributed by atoms with E-state index in [0.717, 1.165) is 22.0 Å². The van der Waals surface area contributed by atoms with E-state index >= 15 is 0 Å². The Labute approximate surface area is 107 Å². The van der Waals surface area contributed by atoms with Crippen LogP contribution in [0.3, 0.4) is 0 Å². The maximum Gasteiger partial charge on any atom is 0.231 e. The van der Waals surface area contributed by atoms with Gasteiger partial charge in [-0.05, 0) is 25.1 Å². The highest BCUT2D eigenvalue weighted by molar-refractivity contribution is 7.17. The molecule has 1 aromatic carbocycles. The van der Waals surface area contributed by atoms with E-state index < -0.39 is 0 Å². The second-order valence-corrected chi connectivity index (χ2v) is 5.34. The number of fused-ring (bicyclic) bond motifs is 2. The summed E-state index contributed by atoms with van der Waals surface area (Å²) >= 11 is 1.69. The number of rotatable bonds is 1. The standard InChI is InChI=1S/C13H10N2O2S/c1-8-12(15-5-4-14-13(15)18-8)9-2-3-10-11(6-9)17-7-16-10/h2-6H,7H2,1H3. The van der Waals surface area contributed by atoms with Crippen LogP contribution in [0.2, 0.25) is 0 Å². The maximum absolute atomic E-state index is 5.43. The second-order valence-electron chi connectivity index (χ2n) is 4.15. The van der Waals surface area contributed by atoms with Crippen LogP contribution in [-0.2, 0) is 0 Å². The Morgan fingerprint density at radius 1 is 1.28 bits per heavy atom. The van der Waals surface area contributed by atoms with Crippen molar-refractivity contribution in [2.45, 2.75) is 6.92 Å². The quantitative estimate of drug-likeness (QED) is 0.673. The molecule has 5 heteroatoms. The Morgan fingerprint density at radius 2 is 2.17 bits per heavy atom. The van der Waals surface area contributed by atoms with Crippen molar-refractivity contribution in [3.05, 3.63) is 35.5 Å². The van der Waals surface area contributed by atoms with Gasteiger partial charge in [0.15, 0.2) is 16.5 Å². The molecule has 0 unspecified atom stereocenters. The molecule has 2 aromatic heterocycles. The molecule has 1 aliphatic heterocycles. The van der Waals surface area contributed by atoms with E-state index in [0.29, 0.717) is 6.79 Å². The van der Waals surface area contributed by atoms with Gasteiger partial charge in [0, 0.05) is 22.8 Å². The molecule has 0 amide bonds. The van der Waals surface area contributed by atoms with Crippen LogP contribution in [0.4, 0.5) is 0 Å². The molecule has 0 aliphatic carbocycles. The zero-order valence-corrected chi connectivity index (χ0v) is 10.5. The first-order valence-electron chi connectivity index (χ1n) is 5.65. The number of ether oxygens (including phenoxy) is 2. The first-order chi connectivity index (χ1) is 8.83. The maximum atomic E-state index is 5.43. The average Bonchev–Trinajstić information content (AvgIpc) is 3.02. The molecule has 18 heavy (non-hydrogen) atoms. The number of aromatic nitrogens is 2. The van der Waals surface area contributed by atoms with Gasteiger partial charge in [-0.2, -0.15) is 0 Å². The minimum absolute atomic E-state index is 0.307. The van der Waals surface area contributed by atoms with Gasteiger partial charge >= 0.3 is 0 Å². The molecule has 0 saturated heterocycles. The van der Waals surface area contributed by atoms with Gasteiger partial charge in [0.1, 0.15) is 0 Å². The third-order valence-corrected chi connectivity index (χ3v) is 4.06. The monoisotopic (exact) mass is 258 g/mol. The normalized spacial score (nSPS) is 13.4. The minimum Gasteiger partial charge on any atom is -0.454 e. The molecule has 90 valence electrons. The summed E-state index contributed by atoms with van der Waals surface area (Å²) in [5.41, 5.74) is 2.30. The van der Waals surface area contributed by atoms with Crippen LogP contribution in [0.5, 0.6) is 11.5 Å². The molecule has 0 radical (unpaired) electrons. The summed E-state index contributed by atoms with van der Waals surface area (Å²) in [5, 5.41) is 0. The van der Waals surface area contributed by atoms with E-state index in [9.17, 15) is 0 Å². The fourth-order valence-corrected chi connectivity index (χ4v) is 3.23. The predicted octanol–water partition coefficient (Wildman–Crippen LogP) is 3.10. The van der Waals surface area contributed by atoms with Crippen LogP contribution in [0, 0.1) is 6.92 Å². The van der Waals surface area contributed by atoms with E-state index in [4.69, 9.17) is 9.47 Å². The van der Waals surface area contributed by atoms with Crippen molar-refractivity contribution in [1.82, 2.24) is 9.38 Å². The second kappa shape index (κ2) is 3.49. The Hall–Kier alpha value is -2.01. The van der Waals surface area contributed by atoms with Gasteiger partial charge in [-0.3, -0.25) is 4.40 Å². The zero-order chi connectivity index (χ0) is 12.1. The molecule has 0 bridgehead atoms. The van der Waals surface area contributed by atoms with Gasteiger partial charge in [-0.15, -0.1) is 11.3 Å². The smallest absolute Gasteiger partial charge is 0.231 e. The van der Waals surface area contributed by atoms with Gasteiger partial charge < -0.3 is 9.47 Å². The number of thiazole rings is 1. The van der Waals surface area contributed by atoms with Crippen LogP contribution in [0.25, 0.3) is 16.2 Å². The highest BCUT2D eigenvalue weighted by Crippen LogP contribution is 2.38. The van der Waals surface area contributed by atoms with Crippen molar-refractivity contribution >= 4 is 16.3 Å². The Balaban J connectivity index is 1.96. The number of imidazole rings is 1. The van der Waals surface area contributed by atoms with Gasteiger partial charge in [-0.25, -0.2) is 4.98 Å². The first kappa shape index (κ1) is 9.96. The van der Waals surface area contributed by atoms with Crippen LogP contribution in [-0.4, -0.2) is 16.2 Å². The van der Waals surface area contributed by atoms with E-state index in [1.165, 1.54) is 10.6 Å². The molecule has 3 heterocycles. The molecule has 0 atom stereocenters. The van der Waals surface area contributed by atoms with Crippen molar-refractivity contribution in [2.24, 2.45) is 0 Å². The van der Waals surface area contributed by atoms with Gasteiger partial charge in [0.25, 0.3) is 0 Å². The van der Waals surface area contributed by atoms with Crippen LogP contribution in [0.1, 0.15) is 4.88 Å². The van der Waals surface area contributed by atoms with Crippen molar-refractivity contribution in [2.75, 3.05) is 6.79 Å². The van der Waals surface area contributed by atoms with Crippen molar-refractivity contribution in [3.8, 4) is 22.8 Å². The fraction of sp³-hybridized carbons (Fsp3) is 0.154. The van der Waals surface area contributed by atoms with Gasteiger partial charge in [0.2, 0.25) is 6.79 Å². The van der Waals surface area contributed by atoms with E-state index in [1.54, 1.807) is 11.3 Å². The summed E-state index contributed by atoms with van der Waals surface area (Å²) in [4.78, 5) is 6.58. The van der Waals surface area contributed by atoms with E-state index in [-0.39, 0.29) is 0 Å². The Kier molecular flexibility index (Phi) is 1.93. The number of benzene rings is 1. The number of hydrogen-bond acceptors (Lipinski definition) is 4. The molecule has 4 rings (SSSR count). The largest absolute Gasteiger partial charge is 0.454 e. The van der Waals surface area contributed by atoms with E-state index in [1.807, 2.05) is 24.5 Å². The highest BCUT2D eigenvalue weighted by atomic mass is 32.1. The lowest BCUT2D eigenvalue weighted by molar-refractivity contribution is 0.174. The molecule has 0 N–H and O–H groups in total. The van der Waals surface area contributed by atoms with Crippen LogP contribution in [0.15, 0.2) is 30.6 Å². The van der Waals surface area contributed by atoms with Crippen molar-refractivity contribution < 1.29 is 9.47 Å². The molecule has 4 nitrogen and oxygen atoms in total. The average molecular weight is 258 g/mol. The topological polar surface area (TPSA) is 35.8 Å². The fourth-order valence-electron chi connectivity index (χ4n) is 2.28. The summed E-state index contributed by atoms with van der Waals surface area (Å²) < 4.78 is 12.9. The lowest BCUT2D eigenvalue weighted by atomic mass is 10.1. The third-order valence-electron chi connectivity index (χ3n) is 3.07. The predicted molar refractivity (Wildman–Crippen MR) is 69.4 cm³/mol. The van der Waals surface area contributed by atoms with Gasteiger partial charge in [0.05, 0.1) is 5.69 Å². The lowest BCUT2D eigenvalue weighted by Crippen LogP contribution is -1.92. The van der Waals surface area contributed by atoms with Crippen LogP contribution < -0.4 is 9.47 Å². The Morgan fingerprint density at radius 3 is 3.11 bits per heavy atom. The molecule has 3 aromatic rings. The number of hydrogen-bond donors (Lipinski definition) is 0. The SMILES string of the molecule is Cc1sc2nccn2c1-c1ccc2c(c1)OCO2. The molecule has 0 saturated carbocycles. The molecule has 0 fully saturated rings. The van der Waals surface area contributed by atoms with Crippen molar-refractivity contribution in [1.29, 1.82) is 0 Å². The highest BCUT2D eigenvalue weighted by Gasteiger charge is 2.17. The van der Waals surface area contributed by atoms with E-state index in [2.05, 4.69) is 22.4 Å². The number of aryl methyl sites for hydroxylation is 1. The molecular formula is C13H10N2O2S. The summed E-state index contributed by atoms with van der Waals surface area (Å²) in [5.74, 6) is 1.62. The third kappa shape index (κ3) is 1.28.